The Kier molecular flexibility index (Phi) is 4.49. The van der Waals surface area contributed by atoms with Crippen molar-refractivity contribution in [3.8, 4) is 0 Å². The molecule has 2 aromatic rings. The van der Waals surface area contributed by atoms with Crippen molar-refractivity contribution in [3.05, 3.63) is 64.2 Å². The molecule has 0 atom stereocenters. The normalized spacial score (nSPS) is 11.4. The molecule has 5 heteroatoms. The summed E-state index contributed by atoms with van der Waals surface area (Å²) >= 11 is 5.90. The van der Waals surface area contributed by atoms with Crippen LogP contribution in [0.1, 0.15) is 21.5 Å². The molecule has 0 unspecified atom stereocenters. The minimum absolute atomic E-state index is 0.159. The lowest BCUT2D eigenvalue weighted by molar-refractivity contribution is 0.102. The van der Waals surface area contributed by atoms with Crippen LogP contribution in [-0.4, -0.2) is 20.0 Å². The van der Waals surface area contributed by atoms with Gasteiger partial charge in [0.1, 0.15) is 5.75 Å². The molecule has 110 valence electrons. The van der Waals surface area contributed by atoms with E-state index in [4.69, 9.17) is 11.6 Å². The predicted octanol–water partition coefficient (Wildman–Crippen LogP) is 3.61. The van der Waals surface area contributed by atoms with Crippen molar-refractivity contribution in [1.82, 2.24) is 0 Å². The molecular formula is C16H15ClO3S. The molecule has 0 amide bonds. The number of sulfone groups is 1. The van der Waals surface area contributed by atoms with Crippen molar-refractivity contribution in [2.75, 3.05) is 5.75 Å². The fourth-order valence-corrected chi connectivity index (χ4v) is 3.25. The molecule has 0 aliphatic carbocycles. The van der Waals surface area contributed by atoms with Gasteiger partial charge in [-0.1, -0.05) is 29.3 Å². The Morgan fingerprint density at radius 2 is 1.67 bits per heavy atom. The summed E-state index contributed by atoms with van der Waals surface area (Å²) in [5.41, 5.74) is 2.07. The lowest BCUT2D eigenvalue weighted by Crippen LogP contribution is -2.16. The van der Waals surface area contributed by atoms with Crippen LogP contribution in [0.4, 0.5) is 0 Å². The third-order valence-corrected chi connectivity index (χ3v) is 5.24. The van der Waals surface area contributed by atoms with E-state index in [1.165, 1.54) is 12.1 Å². The van der Waals surface area contributed by atoms with Gasteiger partial charge >= 0.3 is 0 Å². The lowest BCUT2D eigenvalue weighted by Gasteiger charge is -2.06. The van der Waals surface area contributed by atoms with E-state index < -0.39 is 21.4 Å². The van der Waals surface area contributed by atoms with Crippen LogP contribution in [0.15, 0.2) is 47.4 Å². The Morgan fingerprint density at radius 3 is 2.24 bits per heavy atom. The summed E-state index contributed by atoms with van der Waals surface area (Å²) in [6.07, 6.45) is 0. The number of rotatable bonds is 4. The van der Waals surface area contributed by atoms with Crippen LogP contribution in [0.3, 0.4) is 0 Å². The summed E-state index contributed by atoms with van der Waals surface area (Å²) in [7, 11) is -3.63. The van der Waals surface area contributed by atoms with Crippen molar-refractivity contribution in [3.63, 3.8) is 0 Å². The van der Waals surface area contributed by atoms with Gasteiger partial charge in [0.2, 0.25) is 0 Å². The number of hydrogen-bond acceptors (Lipinski definition) is 3. The summed E-state index contributed by atoms with van der Waals surface area (Å²) < 4.78 is 24.5. The molecule has 0 heterocycles. The largest absolute Gasteiger partial charge is 0.293 e. The van der Waals surface area contributed by atoms with E-state index in [-0.39, 0.29) is 4.90 Å². The number of aryl methyl sites for hydroxylation is 2. The first kappa shape index (κ1) is 15.7. The van der Waals surface area contributed by atoms with Crippen molar-refractivity contribution in [2.24, 2.45) is 0 Å². The summed E-state index contributed by atoms with van der Waals surface area (Å²) in [6.45, 7) is 3.64. The fraction of sp³-hybridized carbons (Fsp3) is 0.188. The first-order valence-electron chi connectivity index (χ1n) is 6.38. The van der Waals surface area contributed by atoms with Crippen LogP contribution < -0.4 is 0 Å². The van der Waals surface area contributed by atoms with E-state index in [0.717, 1.165) is 11.1 Å². The van der Waals surface area contributed by atoms with Gasteiger partial charge in [-0.15, -0.1) is 0 Å². The minimum Gasteiger partial charge on any atom is -0.293 e. The second-order valence-corrected chi connectivity index (χ2v) is 7.36. The summed E-state index contributed by atoms with van der Waals surface area (Å²) in [6, 6.07) is 11.2. The Balaban J connectivity index is 2.25. The molecule has 0 radical (unpaired) electrons. The molecule has 0 aliphatic rings. The van der Waals surface area contributed by atoms with Crippen LogP contribution in [0.2, 0.25) is 5.02 Å². The average molecular weight is 323 g/mol. The van der Waals surface area contributed by atoms with E-state index in [2.05, 4.69) is 0 Å². The SMILES string of the molecule is Cc1ccc(S(=O)(=O)CC(=O)c2ccc(Cl)c(C)c2)cc1. The van der Waals surface area contributed by atoms with Gasteiger partial charge < -0.3 is 0 Å². The smallest absolute Gasteiger partial charge is 0.185 e. The number of benzene rings is 2. The van der Waals surface area contributed by atoms with Gasteiger partial charge in [0.15, 0.2) is 15.6 Å². The van der Waals surface area contributed by atoms with Crippen molar-refractivity contribution >= 4 is 27.2 Å². The maximum Gasteiger partial charge on any atom is 0.185 e. The number of halogens is 1. The number of Topliss-reactive ketones (excluding diaryl/α,β-unsaturated/α-hetero) is 1. The molecule has 0 aliphatic heterocycles. The maximum atomic E-state index is 12.2. The van der Waals surface area contributed by atoms with Gasteiger partial charge in [-0.3, -0.25) is 4.79 Å². The molecule has 21 heavy (non-hydrogen) atoms. The topological polar surface area (TPSA) is 51.2 Å². The van der Waals surface area contributed by atoms with Gasteiger partial charge in [0.05, 0.1) is 4.90 Å². The maximum absolute atomic E-state index is 12.2. The van der Waals surface area contributed by atoms with Crippen LogP contribution in [-0.2, 0) is 9.84 Å². The molecule has 0 N–H and O–H groups in total. The third kappa shape index (κ3) is 3.71. The van der Waals surface area contributed by atoms with Gasteiger partial charge in [-0.25, -0.2) is 8.42 Å². The molecular weight excluding hydrogens is 308 g/mol. The number of hydrogen-bond donors (Lipinski definition) is 0. The average Bonchev–Trinajstić information content (AvgIpc) is 2.41. The van der Waals surface area contributed by atoms with E-state index in [9.17, 15) is 13.2 Å². The zero-order chi connectivity index (χ0) is 15.6. The molecule has 0 saturated heterocycles. The van der Waals surface area contributed by atoms with Gasteiger partial charge in [0, 0.05) is 10.6 Å². The molecule has 0 fully saturated rings. The van der Waals surface area contributed by atoms with Gasteiger partial charge in [-0.05, 0) is 49.7 Å². The van der Waals surface area contributed by atoms with Crippen LogP contribution in [0.5, 0.6) is 0 Å². The molecule has 0 spiro atoms. The van der Waals surface area contributed by atoms with E-state index >= 15 is 0 Å². The number of carbonyl (C=O) groups excluding carboxylic acids is 1. The zero-order valence-electron chi connectivity index (χ0n) is 11.8. The predicted molar refractivity (Wildman–Crippen MR) is 83.8 cm³/mol. The molecule has 3 nitrogen and oxygen atoms in total. The van der Waals surface area contributed by atoms with Crippen molar-refractivity contribution in [1.29, 1.82) is 0 Å². The van der Waals surface area contributed by atoms with Crippen molar-refractivity contribution < 1.29 is 13.2 Å². The Hall–Kier alpha value is -1.65. The highest BCUT2D eigenvalue weighted by molar-refractivity contribution is 7.92. The number of carbonyl (C=O) groups is 1. The monoisotopic (exact) mass is 322 g/mol. The summed E-state index contributed by atoms with van der Waals surface area (Å²) in [5, 5.41) is 0.549. The second kappa shape index (κ2) is 6.00. The first-order chi connectivity index (χ1) is 9.79. The highest BCUT2D eigenvalue weighted by Crippen LogP contribution is 2.18. The highest BCUT2D eigenvalue weighted by atomic mass is 35.5. The lowest BCUT2D eigenvalue weighted by atomic mass is 10.1. The van der Waals surface area contributed by atoms with Gasteiger partial charge in [0.25, 0.3) is 0 Å². The molecule has 2 rings (SSSR count). The summed E-state index contributed by atoms with van der Waals surface area (Å²) in [5.74, 6) is -0.979. The van der Waals surface area contributed by atoms with Crippen LogP contribution >= 0.6 is 11.6 Å². The van der Waals surface area contributed by atoms with E-state index in [1.54, 1.807) is 37.3 Å². The zero-order valence-corrected chi connectivity index (χ0v) is 13.3. The van der Waals surface area contributed by atoms with Crippen LogP contribution in [0, 0.1) is 13.8 Å². The Bertz CT molecular complexity index is 778. The fourth-order valence-electron chi connectivity index (χ4n) is 1.90. The summed E-state index contributed by atoms with van der Waals surface area (Å²) in [4.78, 5) is 12.3. The first-order valence-corrected chi connectivity index (χ1v) is 8.41. The van der Waals surface area contributed by atoms with Crippen LogP contribution in [0.25, 0.3) is 0 Å². The highest BCUT2D eigenvalue weighted by Gasteiger charge is 2.20. The Morgan fingerprint density at radius 1 is 1.05 bits per heavy atom. The van der Waals surface area contributed by atoms with Gasteiger partial charge in [-0.2, -0.15) is 0 Å². The molecule has 0 bridgehead atoms. The molecule has 0 saturated carbocycles. The number of ketones is 1. The van der Waals surface area contributed by atoms with E-state index in [1.807, 2.05) is 6.92 Å². The third-order valence-electron chi connectivity index (χ3n) is 3.18. The van der Waals surface area contributed by atoms with E-state index in [0.29, 0.717) is 10.6 Å². The second-order valence-electron chi connectivity index (χ2n) is 4.96. The van der Waals surface area contributed by atoms with Crippen molar-refractivity contribution in [2.45, 2.75) is 18.7 Å². The quantitative estimate of drug-likeness (QED) is 0.808. The molecule has 0 aromatic heterocycles. The Labute approximate surface area is 129 Å². The molecule has 2 aromatic carbocycles. The minimum atomic E-state index is -3.63. The standard InChI is InChI=1S/C16H15ClO3S/c1-11-3-6-14(7-4-11)21(19,20)10-16(18)13-5-8-15(17)12(2)9-13/h3-9H,10H2,1-2H3.